The van der Waals surface area contributed by atoms with Crippen molar-refractivity contribution < 1.29 is 9.50 Å². The third-order valence-corrected chi connectivity index (χ3v) is 3.61. The van der Waals surface area contributed by atoms with E-state index in [0.717, 1.165) is 31.4 Å². The summed E-state index contributed by atoms with van der Waals surface area (Å²) in [6.45, 7) is 0.766. The van der Waals surface area contributed by atoms with Gasteiger partial charge in [0.15, 0.2) is 0 Å². The third kappa shape index (κ3) is 3.27. The molecule has 94 valence electrons. The molecule has 2 rings (SSSR count). The highest BCUT2D eigenvalue weighted by Gasteiger charge is 2.26. The van der Waals surface area contributed by atoms with Gasteiger partial charge in [0.1, 0.15) is 5.82 Å². The first kappa shape index (κ1) is 12.5. The van der Waals surface area contributed by atoms with Crippen molar-refractivity contribution >= 4 is 0 Å². The van der Waals surface area contributed by atoms with E-state index in [9.17, 15) is 9.50 Å². The molecule has 3 heteroatoms. The predicted molar refractivity (Wildman–Crippen MR) is 66.1 cm³/mol. The molecule has 0 bridgehead atoms. The summed E-state index contributed by atoms with van der Waals surface area (Å²) in [5.74, 6) is -0.200. The second-order valence-corrected chi connectivity index (χ2v) is 4.96. The Labute approximate surface area is 102 Å². The Hall–Kier alpha value is -0.930. The van der Waals surface area contributed by atoms with Crippen LogP contribution in [-0.4, -0.2) is 29.2 Å². The predicted octanol–water partition coefficient (Wildman–Crippen LogP) is 2.56. The number of aliphatic hydroxyl groups is 1. The maximum Gasteiger partial charge on any atom is 0.123 e. The SMILES string of the molecule is CN(Cc1ccc(F)cc1)[C@H]1CCCC[C@@H]1O. The first-order valence-corrected chi connectivity index (χ1v) is 6.29. The molecule has 1 aromatic carbocycles. The average molecular weight is 237 g/mol. The van der Waals surface area contributed by atoms with E-state index in [1.54, 1.807) is 12.1 Å². The van der Waals surface area contributed by atoms with Crippen molar-refractivity contribution in [3.63, 3.8) is 0 Å². The lowest BCUT2D eigenvalue weighted by Gasteiger charge is -2.35. The van der Waals surface area contributed by atoms with Gasteiger partial charge in [0.05, 0.1) is 6.10 Å². The van der Waals surface area contributed by atoms with Gasteiger partial charge in [-0.2, -0.15) is 0 Å². The van der Waals surface area contributed by atoms with E-state index in [2.05, 4.69) is 4.90 Å². The number of nitrogens with zero attached hydrogens (tertiary/aromatic N) is 1. The zero-order chi connectivity index (χ0) is 12.3. The van der Waals surface area contributed by atoms with E-state index in [1.165, 1.54) is 18.6 Å². The molecular formula is C14H20FNO. The summed E-state index contributed by atoms with van der Waals surface area (Å²) in [5.41, 5.74) is 1.09. The lowest BCUT2D eigenvalue weighted by molar-refractivity contribution is 0.0288. The number of rotatable bonds is 3. The molecule has 0 radical (unpaired) electrons. The molecule has 0 spiro atoms. The van der Waals surface area contributed by atoms with E-state index in [4.69, 9.17) is 0 Å². The van der Waals surface area contributed by atoms with Crippen LogP contribution in [0.25, 0.3) is 0 Å². The Morgan fingerprint density at radius 2 is 1.88 bits per heavy atom. The molecule has 2 atom stereocenters. The van der Waals surface area contributed by atoms with Crippen molar-refractivity contribution in [2.24, 2.45) is 0 Å². The molecule has 1 N–H and O–H groups in total. The number of benzene rings is 1. The van der Waals surface area contributed by atoms with Crippen LogP contribution < -0.4 is 0 Å². The minimum atomic E-state index is -0.214. The fraction of sp³-hybridized carbons (Fsp3) is 0.571. The van der Waals surface area contributed by atoms with Crippen LogP contribution in [0.3, 0.4) is 0 Å². The minimum Gasteiger partial charge on any atom is -0.391 e. The Morgan fingerprint density at radius 3 is 2.53 bits per heavy atom. The highest BCUT2D eigenvalue weighted by atomic mass is 19.1. The van der Waals surface area contributed by atoms with E-state index in [1.807, 2.05) is 7.05 Å². The Balaban J connectivity index is 1.95. The molecule has 0 aliphatic heterocycles. The van der Waals surface area contributed by atoms with Gasteiger partial charge < -0.3 is 5.11 Å². The monoisotopic (exact) mass is 237 g/mol. The Kier molecular flexibility index (Phi) is 4.13. The van der Waals surface area contributed by atoms with Gasteiger partial charge in [0.2, 0.25) is 0 Å². The summed E-state index contributed by atoms with van der Waals surface area (Å²) in [6.07, 6.45) is 4.06. The van der Waals surface area contributed by atoms with Crippen LogP contribution in [-0.2, 0) is 6.54 Å². The molecule has 0 saturated heterocycles. The molecule has 0 heterocycles. The zero-order valence-corrected chi connectivity index (χ0v) is 10.3. The first-order chi connectivity index (χ1) is 8.16. The number of halogens is 1. The van der Waals surface area contributed by atoms with Gasteiger partial charge in [-0.1, -0.05) is 25.0 Å². The molecule has 0 amide bonds. The fourth-order valence-corrected chi connectivity index (χ4v) is 2.60. The van der Waals surface area contributed by atoms with Crippen LogP contribution in [0.1, 0.15) is 31.2 Å². The van der Waals surface area contributed by atoms with Crippen molar-refractivity contribution in [3.8, 4) is 0 Å². The Morgan fingerprint density at radius 1 is 1.24 bits per heavy atom. The topological polar surface area (TPSA) is 23.5 Å². The largest absolute Gasteiger partial charge is 0.391 e. The standard InChI is InChI=1S/C14H20FNO/c1-16(13-4-2-3-5-14(13)17)10-11-6-8-12(15)9-7-11/h6-9,13-14,17H,2-5,10H2,1H3/t13-,14-/m0/s1. The van der Waals surface area contributed by atoms with Crippen LogP contribution in [0, 0.1) is 5.82 Å². The summed E-state index contributed by atoms with van der Waals surface area (Å²) in [7, 11) is 2.03. The molecule has 0 aromatic heterocycles. The van der Waals surface area contributed by atoms with Gasteiger partial charge in [-0.05, 0) is 37.6 Å². The number of hydrogen-bond acceptors (Lipinski definition) is 2. The van der Waals surface area contributed by atoms with Crippen molar-refractivity contribution in [1.29, 1.82) is 0 Å². The fourth-order valence-electron chi connectivity index (χ4n) is 2.60. The molecule has 1 aliphatic carbocycles. The van der Waals surface area contributed by atoms with Gasteiger partial charge in [0, 0.05) is 12.6 Å². The number of aliphatic hydroxyl groups excluding tert-OH is 1. The lowest BCUT2D eigenvalue weighted by atomic mass is 9.91. The van der Waals surface area contributed by atoms with E-state index >= 15 is 0 Å². The number of hydrogen-bond donors (Lipinski definition) is 1. The summed E-state index contributed by atoms with van der Waals surface area (Å²) in [6, 6.07) is 6.83. The van der Waals surface area contributed by atoms with E-state index in [0.29, 0.717) is 0 Å². The van der Waals surface area contributed by atoms with Crippen LogP contribution in [0.2, 0.25) is 0 Å². The maximum absolute atomic E-state index is 12.8. The van der Waals surface area contributed by atoms with Crippen molar-refractivity contribution in [3.05, 3.63) is 35.6 Å². The zero-order valence-electron chi connectivity index (χ0n) is 10.3. The van der Waals surface area contributed by atoms with Crippen LogP contribution in [0.15, 0.2) is 24.3 Å². The first-order valence-electron chi connectivity index (χ1n) is 6.29. The Bertz CT molecular complexity index is 352. The normalized spacial score (nSPS) is 25.2. The smallest absolute Gasteiger partial charge is 0.123 e. The van der Waals surface area contributed by atoms with Gasteiger partial charge in [-0.25, -0.2) is 4.39 Å². The van der Waals surface area contributed by atoms with Gasteiger partial charge >= 0.3 is 0 Å². The van der Waals surface area contributed by atoms with Crippen LogP contribution in [0.4, 0.5) is 4.39 Å². The minimum absolute atomic E-state index is 0.200. The molecule has 0 unspecified atom stereocenters. The molecule has 1 aromatic rings. The summed E-state index contributed by atoms with van der Waals surface area (Å²) < 4.78 is 12.8. The average Bonchev–Trinajstić information content (AvgIpc) is 2.32. The third-order valence-electron chi connectivity index (χ3n) is 3.61. The highest BCUT2D eigenvalue weighted by molar-refractivity contribution is 5.16. The van der Waals surface area contributed by atoms with E-state index < -0.39 is 0 Å². The van der Waals surface area contributed by atoms with E-state index in [-0.39, 0.29) is 18.0 Å². The highest BCUT2D eigenvalue weighted by Crippen LogP contribution is 2.23. The molecule has 1 aliphatic rings. The molecular weight excluding hydrogens is 217 g/mol. The number of likely N-dealkylation sites (N-methyl/N-ethyl adjacent to an activating group) is 1. The second-order valence-electron chi connectivity index (χ2n) is 4.96. The van der Waals surface area contributed by atoms with Crippen LogP contribution in [0.5, 0.6) is 0 Å². The summed E-state index contributed by atoms with van der Waals surface area (Å²) in [4.78, 5) is 2.18. The van der Waals surface area contributed by atoms with Gasteiger partial charge in [-0.15, -0.1) is 0 Å². The maximum atomic E-state index is 12.8. The summed E-state index contributed by atoms with van der Waals surface area (Å²) in [5, 5.41) is 9.96. The lowest BCUT2D eigenvalue weighted by Crippen LogP contribution is -2.42. The van der Waals surface area contributed by atoms with Crippen molar-refractivity contribution in [2.45, 2.75) is 44.4 Å². The molecule has 1 fully saturated rings. The van der Waals surface area contributed by atoms with Crippen LogP contribution >= 0.6 is 0 Å². The quantitative estimate of drug-likeness (QED) is 0.873. The second kappa shape index (κ2) is 5.61. The van der Waals surface area contributed by atoms with Gasteiger partial charge in [0.25, 0.3) is 0 Å². The molecule has 1 saturated carbocycles. The molecule has 17 heavy (non-hydrogen) atoms. The van der Waals surface area contributed by atoms with Crippen molar-refractivity contribution in [2.75, 3.05) is 7.05 Å². The molecule has 2 nitrogen and oxygen atoms in total. The van der Waals surface area contributed by atoms with Gasteiger partial charge in [-0.3, -0.25) is 4.90 Å². The van der Waals surface area contributed by atoms with Crippen molar-refractivity contribution in [1.82, 2.24) is 4.90 Å². The summed E-state index contributed by atoms with van der Waals surface area (Å²) >= 11 is 0.